The summed E-state index contributed by atoms with van der Waals surface area (Å²) in [5, 5.41) is 0.336. The molecule has 0 fully saturated rings. The summed E-state index contributed by atoms with van der Waals surface area (Å²) in [6.45, 7) is 10.9. The minimum Gasteiger partial charge on any atom is -0.302 e. The summed E-state index contributed by atoms with van der Waals surface area (Å²) in [7, 11) is -4.15. The molecule has 0 saturated heterocycles. The van der Waals surface area contributed by atoms with Gasteiger partial charge in [0.05, 0.1) is 0 Å². The fourth-order valence-electron chi connectivity index (χ4n) is 3.99. The molecular weight excluding hydrogens is 391 g/mol. The van der Waals surface area contributed by atoms with Gasteiger partial charge in [-0.05, 0) is 75.4 Å². The molecule has 3 nitrogen and oxygen atoms in total. The lowest BCUT2D eigenvalue weighted by Gasteiger charge is -2.22. The van der Waals surface area contributed by atoms with Gasteiger partial charge in [-0.3, -0.25) is 9.59 Å². The second-order valence-corrected chi connectivity index (χ2v) is 10.6. The highest BCUT2D eigenvalue weighted by atomic mass is 31.2. The van der Waals surface area contributed by atoms with Gasteiger partial charge in [-0.2, -0.15) is 0 Å². The lowest BCUT2D eigenvalue weighted by Crippen LogP contribution is -2.24. The normalized spacial score (nSPS) is 11.4. The molecule has 0 atom stereocenters. The molecule has 0 radical (unpaired) electrons. The van der Waals surface area contributed by atoms with Crippen LogP contribution in [0, 0.1) is 41.5 Å². The molecule has 3 rings (SSSR count). The number of hydrogen-bond acceptors (Lipinski definition) is 3. The van der Waals surface area contributed by atoms with Gasteiger partial charge in [-0.25, -0.2) is 0 Å². The summed E-state index contributed by atoms with van der Waals surface area (Å²) in [5.41, 5.74) is 4.02. The lowest BCUT2D eigenvalue weighted by atomic mass is 10.0. The van der Waals surface area contributed by atoms with Crippen molar-refractivity contribution in [3.8, 4) is 0 Å². The molecule has 0 aliphatic rings. The van der Waals surface area contributed by atoms with E-state index in [0.29, 0.717) is 22.0 Å². The molecular formula is C26H27O3P. The Bertz CT molecular complexity index is 1110. The summed E-state index contributed by atoms with van der Waals surface area (Å²) < 4.78 is 14.7. The number of carbonyl (C=O) groups excluding carboxylic acids is 2. The Morgan fingerprint density at radius 3 is 1.40 bits per heavy atom. The predicted octanol–water partition coefficient (Wildman–Crippen LogP) is 6.21. The molecule has 0 amide bonds. The van der Waals surface area contributed by atoms with E-state index in [9.17, 15) is 14.2 Å². The van der Waals surface area contributed by atoms with Crippen molar-refractivity contribution < 1.29 is 14.2 Å². The van der Waals surface area contributed by atoms with Crippen molar-refractivity contribution in [2.75, 3.05) is 0 Å². The monoisotopic (exact) mass is 418 g/mol. The van der Waals surface area contributed by atoms with Crippen molar-refractivity contribution in [1.29, 1.82) is 0 Å². The molecule has 30 heavy (non-hydrogen) atoms. The van der Waals surface area contributed by atoms with E-state index < -0.39 is 18.2 Å². The van der Waals surface area contributed by atoms with Gasteiger partial charge in [0.25, 0.3) is 0 Å². The quantitative estimate of drug-likeness (QED) is 0.463. The molecule has 0 N–H and O–H groups in total. The van der Waals surface area contributed by atoms with Crippen LogP contribution in [0.5, 0.6) is 0 Å². The maximum absolute atomic E-state index is 14.7. The second kappa shape index (κ2) is 8.16. The molecule has 0 aromatic heterocycles. The largest absolute Gasteiger partial charge is 0.302 e. The van der Waals surface area contributed by atoms with Crippen molar-refractivity contribution in [2.45, 2.75) is 41.5 Å². The second-order valence-electron chi connectivity index (χ2n) is 8.04. The zero-order valence-electron chi connectivity index (χ0n) is 18.4. The SMILES string of the molecule is Cc1ccc(C)c(P(=O)(C(=O)c2c(C)cccc2C)C(=O)c2c(C)cccc2C)c1. The van der Waals surface area contributed by atoms with Crippen molar-refractivity contribution in [3.05, 3.63) is 99.1 Å². The minimum absolute atomic E-state index is 0.336. The van der Waals surface area contributed by atoms with E-state index in [2.05, 4.69) is 0 Å². The molecule has 154 valence electrons. The molecule has 0 aliphatic heterocycles. The van der Waals surface area contributed by atoms with Crippen LogP contribution in [0.1, 0.15) is 54.1 Å². The van der Waals surface area contributed by atoms with E-state index in [4.69, 9.17) is 0 Å². The first-order valence-corrected chi connectivity index (χ1v) is 11.7. The van der Waals surface area contributed by atoms with Crippen LogP contribution in [0.3, 0.4) is 0 Å². The molecule has 0 spiro atoms. The molecule has 4 heteroatoms. The minimum atomic E-state index is -4.15. The summed E-state index contributed by atoms with van der Waals surface area (Å²) in [6, 6.07) is 16.4. The zero-order chi connectivity index (χ0) is 22.2. The molecule has 0 bridgehead atoms. The summed E-state index contributed by atoms with van der Waals surface area (Å²) in [6.07, 6.45) is 0. The van der Waals surface area contributed by atoms with Crippen molar-refractivity contribution in [3.63, 3.8) is 0 Å². The number of hydrogen-bond donors (Lipinski definition) is 0. The summed E-state index contributed by atoms with van der Waals surface area (Å²) >= 11 is 0. The topological polar surface area (TPSA) is 51.2 Å². The Hall–Kier alpha value is -2.77. The van der Waals surface area contributed by atoms with Crippen LogP contribution in [0.2, 0.25) is 0 Å². The maximum Gasteiger partial charge on any atom is 0.248 e. The average Bonchev–Trinajstić information content (AvgIpc) is 2.68. The first-order chi connectivity index (χ1) is 14.1. The Labute approximate surface area is 178 Å². The van der Waals surface area contributed by atoms with Gasteiger partial charge < -0.3 is 4.57 Å². The number of carbonyl (C=O) groups is 2. The fourth-order valence-corrected chi connectivity index (χ4v) is 6.90. The van der Waals surface area contributed by atoms with Gasteiger partial charge in [0.15, 0.2) is 0 Å². The highest BCUT2D eigenvalue weighted by Gasteiger charge is 2.45. The Morgan fingerprint density at radius 1 is 0.600 bits per heavy atom. The third-order valence-corrected chi connectivity index (χ3v) is 8.42. The molecule has 0 unspecified atom stereocenters. The third kappa shape index (κ3) is 3.59. The highest BCUT2D eigenvalue weighted by Crippen LogP contribution is 2.53. The highest BCUT2D eigenvalue weighted by molar-refractivity contribution is 8.01. The molecule has 3 aromatic rings. The van der Waals surface area contributed by atoms with E-state index in [-0.39, 0.29) is 0 Å². The molecule has 0 aliphatic carbocycles. The van der Waals surface area contributed by atoms with Crippen LogP contribution >= 0.6 is 7.14 Å². The molecule has 0 heterocycles. The zero-order valence-corrected chi connectivity index (χ0v) is 19.3. The van der Waals surface area contributed by atoms with E-state index in [1.54, 1.807) is 13.0 Å². The van der Waals surface area contributed by atoms with E-state index in [0.717, 1.165) is 27.8 Å². The third-order valence-electron chi connectivity index (χ3n) is 5.67. The Balaban J connectivity index is 2.38. The number of aryl methyl sites for hydroxylation is 6. The van der Waals surface area contributed by atoms with Crippen molar-refractivity contribution >= 4 is 23.5 Å². The van der Waals surface area contributed by atoms with E-state index >= 15 is 0 Å². The number of benzene rings is 3. The molecule has 0 saturated carbocycles. The van der Waals surface area contributed by atoms with Gasteiger partial charge in [0, 0.05) is 16.4 Å². The van der Waals surface area contributed by atoms with Crippen LogP contribution in [-0.4, -0.2) is 11.0 Å². The predicted molar refractivity (Wildman–Crippen MR) is 124 cm³/mol. The summed E-state index contributed by atoms with van der Waals surface area (Å²) in [4.78, 5) is 27.9. The lowest BCUT2D eigenvalue weighted by molar-refractivity contribution is 0.104. The fraction of sp³-hybridized carbons (Fsp3) is 0.231. The van der Waals surface area contributed by atoms with Gasteiger partial charge in [-0.1, -0.05) is 54.1 Å². The standard InChI is InChI=1S/C26H27O3P/c1-16-13-14-17(2)22(15-16)30(29,25(27)23-18(3)9-7-10-19(23)4)26(28)24-20(5)11-8-12-21(24)6/h7-15H,1-6H3. The van der Waals surface area contributed by atoms with Crippen molar-refractivity contribution in [1.82, 2.24) is 0 Å². The van der Waals surface area contributed by atoms with Crippen LogP contribution in [0.15, 0.2) is 54.6 Å². The van der Waals surface area contributed by atoms with Crippen LogP contribution in [-0.2, 0) is 4.57 Å². The maximum atomic E-state index is 14.7. The Kier molecular flexibility index (Phi) is 5.97. The van der Waals surface area contributed by atoms with E-state index in [1.165, 1.54) is 0 Å². The van der Waals surface area contributed by atoms with E-state index in [1.807, 2.05) is 83.1 Å². The average molecular weight is 418 g/mol. The first kappa shape index (κ1) is 21.9. The van der Waals surface area contributed by atoms with Gasteiger partial charge in [0.1, 0.15) is 0 Å². The Morgan fingerprint density at radius 2 is 1.00 bits per heavy atom. The van der Waals surface area contributed by atoms with Gasteiger partial charge in [-0.15, -0.1) is 0 Å². The van der Waals surface area contributed by atoms with Crippen LogP contribution in [0.4, 0.5) is 0 Å². The first-order valence-electron chi connectivity index (χ1n) is 9.99. The van der Waals surface area contributed by atoms with Crippen LogP contribution in [0.25, 0.3) is 0 Å². The van der Waals surface area contributed by atoms with Crippen LogP contribution < -0.4 is 5.30 Å². The van der Waals surface area contributed by atoms with Crippen molar-refractivity contribution in [2.24, 2.45) is 0 Å². The van der Waals surface area contributed by atoms with Gasteiger partial charge in [0.2, 0.25) is 18.2 Å². The smallest absolute Gasteiger partial charge is 0.248 e. The van der Waals surface area contributed by atoms with Gasteiger partial charge >= 0.3 is 0 Å². The number of rotatable bonds is 5. The summed E-state index contributed by atoms with van der Waals surface area (Å²) in [5.74, 6) is 0. The molecule has 3 aromatic carbocycles.